The van der Waals surface area contributed by atoms with Crippen LogP contribution in [0.15, 0.2) is 134 Å². The molecule has 17 unspecified atom stereocenters. The van der Waals surface area contributed by atoms with Crippen LogP contribution >= 0.6 is 0 Å². The minimum Gasteiger partial charge on any atom is -0.394 e. The molecule has 0 aromatic carbocycles. The Hall–Kier alpha value is -4.07. The molecule has 12 N–H and O–H groups in total. The van der Waals surface area contributed by atoms with Crippen LogP contribution in [0.1, 0.15) is 226 Å². The summed E-state index contributed by atoms with van der Waals surface area (Å²) in [6.45, 7) is 1.58. The molecule has 3 rings (SSSR count). The van der Waals surface area contributed by atoms with Crippen molar-refractivity contribution in [1.29, 1.82) is 0 Å². The van der Waals surface area contributed by atoms with E-state index in [0.29, 0.717) is 12.8 Å². The van der Waals surface area contributed by atoms with Gasteiger partial charge in [-0.1, -0.05) is 250 Å². The second-order valence-corrected chi connectivity index (χ2v) is 26.0. The molecule has 3 saturated heterocycles. The number of amides is 1. The fourth-order valence-corrected chi connectivity index (χ4v) is 11.7. The number of nitrogens with one attached hydrogen (secondary N) is 1. The van der Waals surface area contributed by atoms with E-state index in [-0.39, 0.29) is 18.9 Å². The molecule has 1 amide bonds. The molecule has 98 heavy (non-hydrogen) atoms. The van der Waals surface area contributed by atoms with Crippen molar-refractivity contribution >= 4 is 5.91 Å². The van der Waals surface area contributed by atoms with E-state index in [0.717, 1.165) is 109 Å². The Morgan fingerprint density at radius 3 is 1.14 bits per heavy atom. The van der Waals surface area contributed by atoms with Gasteiger partial charge in [0, 0.05) is 6.42 Å². The van der Waals surface area contributed by atoms with E-state index in [1.54, 1.807) is 6.08 Å². The molecule has 3 aliphatic rings. The third-order valence-corrected chi connectivity index (χ3v) is 17.7. The first-order valence-electron chi connectivity index (χ1n) is 37.4. The molecule has 3 aliphatic heterocycles. The number of carbonyl (C=O) groups is 1. The zero-order valence-corrected chi connectivity index (χ0v) is 59.5. The Morgan fingerprint density at radius 2 is 0.714 bits per heavy atom. The minimum atomic E-state index is -1.99. The minimum absolute atomic E-state index is 0.204. The Balaban J connectivity index is 1.42. The van der Waals surface area contributed by atoms with Crippen LogP contribution in [0.3, 0.4) is 0 Å². The largest absolute Gasteiger partial charge is 0.394 e. The second-order valence-electron chi connectivity index (χ2n) is 26.0. The lowest BCUT2D eigenvalue weighted by atomic mass is 9.96. The summed E-state index contributed by atoms with van der Waals surface area (Å²) in [5.74, 6) is -0.309. The molecule has 3 fully saturated rings. The second kappa shape index (κ2) is 58.4. The van der Waals surface area contributed by atoms with Crippen LogP contribution < -0.4 is 5.32 Å². The van der Waals surface area contributed by atoms with Gasteiger partial charge < -0.3 is 89.9 Å². The lowest BCUT2D eigenvalue weighted by Gasteiger charge is -2.48. The third kappa shape index (κ3) is 38.8. The van der Waals surface area contributed by atoms with E-state index >= 15 is 0 Å². The number of aliphatic hydroxyl groups excluding tert-OH is 11. The lowest BCUT2D eigenvalue weighted by molar-refractivity contribution is -0.379. The van der Waals surface area contributed by atoms with E-state index < -0.39 is 124 Å². The van der Waals surface area contributed by atoms with Crippen LogP contribution in [0.4, 0.5) is 0 Å². The predicted molar refractivity (Wildman–Crippen MR) is 387 cm³/mol. The van der Waals surface area contributed by atoms with Crippen molar-refractivity contribution in [3.8, 4) is 0 Å². The molecular weight excluding hydrogens is 1250 g/mol. The first-order valence-corrected chi connectivity index (χ1v) is 37.4. The van der Waals surface area contributed by atoms with Crippen molar-refractivity contribution in [2.75, 3.05) is 26.4 Å². The summed E-state index contributed by atoms with van der Waals surface area (Å²) < 4.78 is 34.4. The van der Waals surface area contributed by atoms with Gasteiger partial charge in [0.25, 0.3) is 0 Å². The number of rotatable bonds is 56. The number of aliphatic hydroxyl groups is 11. The van der Waals surface area contributed by atoms with E-state index in [1.165, 1.54) is 83.5 Å². The van der Waals surface area contributed by atoms with Gasteiger partial charge in [0.05, 0.1) is 38.6 Å². The van der Waals surface area contributed by atoms with Crippen LogP contribution in [0.5, 0.6) is 0 Å². The maximum absolute atomic E-state index is 13.4. The molecule has 0 aliphatic carbocycles. The van der Waals surface area contributed by atoms with Crippen molar-refractivity contribution in [3.63, 3.8) is 0 Å². The van der Waals surface area contributed by atoms with Crippen LogP contribution in [0, 0.1) is 0 Å². The van der Waals surface area contributed by atoms with Crippen molar-refractivity contribution in [2.24, 2.45) is 0 Å². The zero-order valence-electron chi connectivity index (χ0n) is 59.5. The van der Waals surface area contributed by atoms with Gasteiger partial charge in [-0.25, -0.2) is 0 Å². The molecule has 19 heteroatoms. The van der Waals surface area contributed by atoms with Crippen molar-refractivity contribution in [2.45, 2.75) is 330 Å². The number of hydrogen-bond donors (Lipinski definition) is 12. The van der Waals surface area contributed by atoms with E-state index in [4.69, 9.17) is 28.4 Å². The van der Waals surface area contributed by atoms with Crippen LogP contribution in [-0.2, 0) is 33.2 Å². The maximum atomic E-state index is 13.4. The van der Waals surface area contributed by atoms with E-state index in [1.807, 2.05) is 6.08 Å². The number of ether oxygens (including phenoxy) is 6. The summed E-state index contributed by atoms with van der Waals surface area (Å²) in [5, 5.41) is 121. The van der Waals surface area contributed by atoms with Gasteiger partial charge in [-0.3, -0.25) is 4.79 Å². The molecule has 17 atom stereocenters. The predicted octanol–water partition coefficient (Wildman–Crippen LogP) is 11.3. The quantitative estimate of drug-likeness (QED) is 0.0199. The van der Waals surface area contributed by atoms with Crippen molar-refractivity contribution in [1.82, 2.24) is 5.32 Å². The average Bonchev–Trinajstić information content (AvgIpc) is 0.782. The summed E-state index contributed by atoms with van der Waals surface area (Å²) >= 11 is 0. The molecule has 560 valence electrons. The Kier molecular flexibility index (Phi) is 52.6. The summed E-state index contributed by atoms with van der Waals surface area (Å²) in [5.41, 5.74) is 0. The number of carbonyl (C=O) groups excluding carboxylic acids is 1. The normalized spacial score (nSPS) is 27.5. The van der Waals surface area contributed by atoms with Gasteiger partial charge in [-0.15, -0.1) is 0 Å². The molecule has 19 nitrogen and oxygen atoms in total. The maximum Gasteiger partial charge on any atom is 0.220 e. The lowest BCUT2D eigenvalue weighted by Crippen LogP contribution is -2.66. The van der Waals surface area contributed by atoms with Gasteiger partial charge in [0.1, 0.15) is 73.2 Å². The first kappa shape index (κ1) is 88.1. The zero-order chi connectivity index (χ0) is 71.1. The Bertz CT molecular complexity index is 2290. The molecule has 0 aromatic heterocycles. The summed E-state index contributed by atoms with van der Waals surface area (Å²) in [4.78, 5) is 13.4. The number of unbranched alkanes of at least 4 members (excludes halogenated alkanes) is 20. The van der Waals surface area contributed by atoms with Gasteiger partial charge in [-0.2, -0.15) is 0 Å². The fraction of sp³-hybridized carbons (Fsp3) is 0.709. The van der Waals surface area contributed by atoms with Crippen molar-refractivity contribution < 1.29 is 89.4 Å². The van der Waals surface area contributed by atoms with E-state index in [2.05, 4.69) is 141 Å². The number of allylic oxidation sites excluding steroid dienone is 21. The van der Waals surface area contributed by atoms with Crippen LogP contribution in [-0.4, -0.2) is 193 Å². The molecule has 0 spiro atoms. The molecule has 0 saturated carbocycles. The van der Waals surface area contributed by atoms with Gasteiger partial charge in [-0.05, 0) is 103 Å². The molecule has 0 aromatic rings. The standard InChI is InChI=1S/C79H131NO18/c1-3-5-7-9-11-13-15-17-19-21-23-25-26-27-28-29-30-31-32-33-34-35-36-37-39-41-43-45-47-49-51-53-55-57-67(85)80-62(63(84)56-54-52-50-48-46-44-42-40-38-24-22-20-18-16-14-12-10-8-6-4-2)61-93-77-73(91)70(88)75(65(59-82)95-77)98-79-74(92)71(89)76(66(60-83)96-79)97-78-72(90)69(87)68(86)64(58-81)94-78/h5,7,11,13,17,19,23,25,27-28,30-31,33-34,36-37,41,43,46,48,54,56,62-66,68-79,81-84,86-92H,3-4,6,8-10,12,14-16,18,20-22,24,26,29,32,35,38-40,42,44-45,47,49-53,55,57-61H2,1-2H3,(H,80,85)/b7-5-,13-11-,19-17-,25-23-,28-27-,31-30-,34-33-,37-36-,43-41-,48-46+,56-54+. The van der Waals surface area contributed by atoms with Gasteiger partial charge >= 0.3 is 0 Å². The highest BCUT2D eigenvalue weighted by atomic mass is 16.8. The third-order valence-electron chi connectivity index (χ3n) is 17.7. The summed E-state index contributed by atoms with van der Waals surface area (Å²) in [6, 6.07) is -1.01. The number of hydrogen-bond acceptors (Lipinski definition) is 18. The summed E-state index contributed by atoms with van der Waals surface area (Å²) in [6.07, 6.45) is 55.6. The Labute approximate surface area is 588 Å². The fourth-order valence-electron chi connectivity index (χ4n) is 11.7. The molecule has 0 radical (unpaired) electrons. The van der Waals surface area contributed by atoms with Gasteiger partial charge in [0.2, 0.25) is 5.91 Å². The highest BCUT2D eigenvalue weighted by Crippen LogP contribution is 2.33. The molecular formula is C79H131NO18. The monoisotopic (exact) mass is 1380 g/mol. The van der Waals surface area contributed by atoms with Crippen LogP contribution in [0.2, 0.25) is 0 Å². The molecule has 0 bridgehead atoms. The van der Waals surface area contributed by atoms with E-state index in [9.17, 15) is 61.0 Å². The topological polar surface area (TPSA) is 307 Å². The SMILES string of the molecule is CC/C=C\C/C=C\C/C=C\C/C=C\C/C=C\C/C=C\C/C=C\C/C=C\C/C=C\CCCCCCCC(=O)NC(COC1OC(CO)C(OC2OC(CO)C(OC3OC(CO)C(O)C(O)C3O)C(O)C2O)C(O)C1O)C(O)/C=C/CC/C=C/CCCCCCCCCCCCCCCC. The van der Waals surface area contributed by atoms with Crippen molar-refractivity contribution in [3.05, 3.63) is 134 Å². The molecule has 3 heterocycles. The first-order chi connectivity index (χ1) is 47.8. The van der Waals surface area contributed by atoms with Gasteiger partial charge in [0.15, 0.2) is 18.9 Å². The Morgan fingerprint density at radius 1 is 0.378 bits per heavy atom. The van der Waals surface area contributed by atoms with Crippen LogP contribution in [0.25, 0.3) is 0 Å². The smallest absolute Gasteiger partial charge is 0.220 e. The average molecular weight is 1380 g/mol. The highest BCUT2D eigenvalue weighted by molar-refractivity contribution is 5.76. The summed E-state index contributed by atoms with van der Waals surface area (Å²) in [7, 11) is 0. The highest BCUT2D eigenvalue weighted by Gasteiger charge is 2.53.